The lowest BCUT2D eigenvalue weighted by molar-refractivity contribution is -0.00830. The number of benzene rings is 1. The van der Waals surface area contributed by atoms with Crippen molar-refractivity contribution in [3.05, 3.63) is 35.4 Å². The molecule has 1 nitrogen and oxygen atoms in total. The molecule has 0 bridgehead atoms. The van der Waals surface area contributed by atoms with Gasteiger partial charge >= 0.3 is 0 Å². The van der Waals surface area contributed by atoms with Crippen molar-refractivity contribution in [1.29, 1.82) is 0 Å². The first-order chi connectivity index (χ1) is 7.55. The molecule has 0 aliphatic carbocycles. The third-order valence-electron chi connectivity index (χ3n) is 3.03. The maximum Gasteiger partial charge on any atom is 0.273 e. The van der Waals surface area contributed by atoms with Crippen molar-refractivity contribution in [1.82, 2.24) is 0 Å². The SMILES string of the molecule is CCC(CN)c1ccc(C(F)(F)CC)cc1. The van der Waals surface area contributed by atoms with Crippen molar-refractivity contribution in [2.75, 3.05) is 6.54 Å². The van der Waals surface area contributed by atoms with Gasteiger partial charge in [0.25, 0.3) is 5.92 Å². The second kappa shape index (κ2) is 5.39. The van der Waals surface area contributed by atoms with Crippen LogP contribution in [0.1, 0.15) is 43.7 Å². The minimum atomic E-state index is -2.72. The Morgan fingerprint density at radius 3 is 2.12 bits per heavy atom. The summed E-state index contributed by atoms with van der Waals surface area (Å²) in [5.74, 6) is -2.45. The number of rotatable bonds is 5. The Morgan fingerprint density at radius 2 is 1.75 bits per heavy atom. The fraction of sp³-hybridized carbons (Fsp3) is 0.538. The van der Waals surface area contributed by atoms with Crippen LogP contribution in [-0.4, -0.2) is 6.54 Å². The molecule has 90 valence electrons. The van der Waals surface area contributed by atoms with Crippen LogP contribution in [0.5, 0.6) is 0 Å². The normalized spacial score (nSPS) is 13.8. The van der Waals surface area contributed by atoms with E-state index in [0.717, 1.165) is 12.0 Å². The summed E-state index contributed by atoms with van der Waals surface area (Å²) in [6.45, 7) is 4.09. The summed E-state index contributed by atoms with van der Waals surface area (Å²) in [4.78, 5) is 0. The summed E-state index contributed by atoms with van der Waals surface area (Å²) in [6, 6.07) is 6.55. The average Bonchev–Trinajstić information content (AvgIpc) is 2.31. The zero-order valence-corrected chi connectivity index (χ0v) is 9.84. The van der Waals surface area contributed by atoms with E-state index in [1.54, 1.807) is 12.1 Å². The van der Waals surface area contributed by atoms with Crippen LogP contribution in [0.25, 0.3) is 0 Å². The molecule has 0 spiro atoms. The van der Waals surface area contributed by atoms with Crippen LogP contribution >= 0.6 is 0 Å². The molecule has 1 unspecified atom stereocenters. The highest BCUT2D eigenvalue weighted by molar-refractivity contribution is 5.28. The number of alkyl halides is 2. The Kier molecular flexibility index (Phi) is 4.42. The molecule has 0 heterocycles. The minimum absolute atomic E-state index is 0.0885. The van der Waals surface area contributed by atoms with Crippen LogP contribution in [0, 0.1) is 0 Å². The fourth-order valence-corrected chi connectivity index (χ4v) is 1.74. The van der Waals surface area contributed by atoms with Gasteiger partial charge in [-0.3, -0.25) is 0 Å². The third-order valence-corrected chi connectivity index (χ3v) is 3.03. The highest BCUT2D eigenvalue weighted by Gasteiger charge is 2.28. The lowest BCUT2D eigenvalue weighted by atomic mass is 9.94. The molecule has 0 radical (unpaired) electrons. The van der Waals surface area contributed by atoms with Gasteiger partial charge in [0, 0.05) is 12.0 Å². The van der Waals surface area contributed by atoms with Crippen LogP contribution < -0.4 is 5.73 Å². The van der Waals surface area contributed by atoms with Crippen LogP contribution in [0.15, 0.2) is 24.3 Å². The molecular formula is C13H19F2N. The number of hydrogen-bond donors (Lipinski definition) is 1. The lowest BCUT2D eigenvalue weighted by Gasteiger charge is -2.17. The molecule has 0 saturated carbocycles. The topological polar surface area (TPSA) is 26.0 Å². The molecule has 1 atom stereocenters. The van der Waals surface area contributed by atoms with Crippen molar-refractivity contribution in [3.63, 3.8) is 0 Å². The van der Waals surface area contributed by atoms with Gasteiger partial charge in [-0.2, -0.15) is 0 Å². The van der Waals surface area contributed by atoms with Gasteiger partial charge in [0.05, 0.1) is 0 Å². The molecule has 1 aromatic carbocycles. The van der Waals surface area contributed by atoms with Crippen molar-refractivity contribution in [3.8, 4) is 0 Å². The van der Waals surface area contributed by atoms with Gasteiger partial charge in [-0.25, -0.2) is 8.78 Å². The van der Waals surface area contributed by atoms with Gasteiger partial charge < -0.3 is 5.73 Å². The second-order valence-electron chi connectivity index (χ2n) is 4.02. The highest BCUT2D eigenvalue weighted by Crippen LogP contribution is 2.32. The molecule has 0 amide bonds. The molecule has 1 rings (SSSR count). The smallest absolute Gasteiger partial charge is 0.273 e. The molecule has 3 heteroatoms. The maximum atomic E-state index is 13.4. The molecule has 16 heavy (non-hydrogen) atoms. The van der Waals surface area contributed by atoms with Crippen LogP contribution in [0.4, 0.5) is 8.78 Å². The number of halogens is 2. The summed E-state index contributed by atoms with van der Waals surface area (Å²) in [7, 11) is 0. The van der Waals surface area contributed by atoms with Crippen molar-refractivity contribution in [2.45, 2.75) is 38.5 Å². The lowest BCUT2D eigenvalue weighted by Crippen LogP contribution is -2.13. The molecule has 0 fully saturated rings. The third kappa shape index (κ3) is 2.79. The Morgan fingerprint density at radius 1 is 1.19 bits per heavy atom. The first kappa shape index (κ1) is 13.1. The zero-order chi connectivity index (χ0) is 12.2. The molecule has 0 aliphatic heterocycles. The first-order valence-corrected chi connectivity index (χ1v) is 5.73. The van der Waals surface area contributed by atoms with Gasteiger partial charge in [-0.15, -0.1) is 0 Å². The molecule has 0 aromatic heterocycles. The minimum Gasteiger partial charge on any atom is -0.330 e. The molecular weight excluding hydrogens is 208 g/mol. The maximum absolute atomic E-state index is 13.4. The van der Waals surface area contributed by atoms with Gasteiger partial charge in [0.1, 0.15) is 0 Å². The van der Waals surface area contributed by atoms with E-state index in [9.17, 15) is 8.78 Å². The monoisotopic (exact) mass is 227 g/mol. The fourth-order valence-electron chi connectivity index (χ4n) is 1.74. The van der Waals surface area contributed by atoms with Gasteiger partial charge in [0.15, 0.2) is 0 Å². The van der Waals surface area contributed by atoms with Gasteiger partial charge in [-0.1, -0.05) is 38.1 Å². The van der Waals surface area contributed by atoms with E-state index in [1.807, 2.05) is 6.92 Å². The van der Waals surface area contributed by atoms with E-state index in [4.69, 9.17) is 5.73 Å². The summed E-state index contributed by atoms with van der Waals surface area (Å²) in [5, 5.41) is 0. The second-order valence-corrected chi connectivity index (χ2v) is 4.02. The average molecular weight is 227 g/mol. The Bertz CT molecular complexity index is 315. The number of hydrogen-bond acceptors (Lipinski definition) is 1. The summed E-state index contributed by atoms with van der Waals surface area (Å²) in [6.07, 6.45) is 0.764. The molecule has 2 N–H and O–H groups in total. The first-order valence-electron chi connectivity index (χ1n) is 5.73. The summed E-state index contributed by atoms with van der Waals surface area (Å²) < 4.78 is 26.7. The molecule has 0 saturated heterocycles. The predicted molar refractivity (Wildman–Crippen MR) is 62.7 cm³/mol. The molecule has 0 aliphatic rings. The van der Waals surface area contributed by atoms with E-state index in [-0.39, 0.29) is 17.9 Å². The van der Waals surface area contributed by atoms with Crippen LogP contribution in [0.2, 0.25) is 0 Å². The van der Waals surface area contributed by atoms with Crippen LogP contribution in [0.3, 0.4) is 0 Å². The van der Waals surface area contributed by atoms with Gasteiger partial charge in [0.2, 0.25) is 0 Å². The van der Waals surface area contributed by atoms with E-state index in [1.165, 1.54) is 19.1 Å². The Balaban J connectivity index is 2.90. The highest BCUT2D eigenvalue weighted by atomic mass is 19.3. The largest absolute Gasteiger partial charge is 0.330 e. The van der Waals surface area contributed by atoms with Crippen molar-refractivity contribution >= 4 is 0 Å². The van der Waals surface area contributed by atoms with Gasteiger partial charge in [-0.05, 0) is 24.4 Å². The zero-order valence-electron chi connectivity index (χ0n) is 9.84. The predicted octanol–water partition coefficient (Wildman–Crippen LogP) is 3.64. The molecule has 1 aromatic rings. The van der Waals surface area contributed by atoms with Crippen molar-refractivity contribution in [2.24, 2.45) is 5.73 Å². The standard InChI is InChI=1S/C13H19F2N/c1-3-10(9-16)11-5-7-12(8-6-11)13(14,15)4-2/h5-8,10H,3-4,9,16H2,1-2H3. The summed E-state index contributed by atoms with van der Waals surface area (Å²) >= 11 is 0. The quantitative estimate of drug-likeness (QED) is 0.816. The van der Waals surface area contributed by atoms with E-state index < -0.39 is 5.92 Å². The van der Waals surface area contributed by atoms with Crippen molar-refractivity contribution < 1.29 is 8.78 Å². The van der Waals surface area contributed by atoms with E-state index in [0.29, 0.717) is 6.54 Å². The Labute approximate surface area is 95.7 Å². The Hall–Kier alpha value is -0.960. The van der Waals surface area contributed by atoms with Crippen LogP contribution in [-0.2, 0) is 5.92 Å². The van der Waals surface area contributed by atoms with E-state index >= 15 is 0 Å². The summed E-state index contributed by atoms with van der Waals surface area (Å²) in [5.41, 5.74) is 6.75. The van der Waals surface area contributed by atoms with E-state index in [2.05, 4.69) is 0 Å². The number of nitrogens with two attached hydrogens (primary N) is 1.